The van der Waals surface area contributed by atoms with Crippen LogP contribution >= 0.6 is 0 Å². The maximum atomic E-state index is 5.84. The number of hydrogen-bond donors (Lipinski definition) is 0. The number of hydrogen-bond acceptors (Lipinski definition) is 4. The molecule has 0 aromatic rings. The van der Waals surface area contributed by atoms with E-state index < -0.39 is 0 Å². The van der Waals surface area contributed by atoms with Crippen LogP contribution in [0.5, 0.6) is 0 Å². The molecule has 4 nitrogen and oxygen atoms in total. The largest absolute Gasteiger partial charge is 0.382 e. The third-order valence-corrected chi connectivity index (χ3v) is 4.74. The van der Waals surface area contributed by atoms with Crippen molar-refractivity contribution in [3.63, 3.8) is 0 Å². The molecule has 0 unspecified atom stereocenters. The van der Waals surface area contributed by atoms with Crippen molar-refractivity contribution >= 4 is 0 Å². The van der Waals surface area contributed by atoms with Gasteiger partial charge in [-0.05, 0) is 44.7 Å². The van der Waals surface area contributed by atoms with E-state index in [0.29, 0.717) is 6.10 Å². The van der Waals surface area contributed by atoms with Crippen LogP contribution in [0.25, 0.3) is 0 Å². The molecule has 0 N–H and O–H groups in total. The molecule has 0 spiro atoms. The summed E-state index contributed by atoms with van der Waals surface area (Å²) in [5.74, 6) is 0.884. The van der Waals surface area contributed by atoms with Crippen molar-refractivity contribution in [1.82, 2.24) is 9.80 Å². The third-order valence-electron chi connectivity index (χ3n) is 4.74. The average molecular weight is 284 g/mol. The van der Waals surface area contributed by atoms with E-state index in [1.165, 1.54) is 65.0 Å². The molecule has 2 aliphatic rings. The Kier molecular flexibility index (Phi) is 7.28. The van der Waals surface area contributed by atoms with Crippen LogP contribution < -0.4 is 0 Å². The molecule has 0 saturated carbocycles. The van der Waals surface area contributed by atoms with Gasteiger partial charge in [0.2, 0.25) is 0 Å². The van der Waals surface area contributed by atoms with E-state index in [0.717, 1.165) is 19.1 Å². The first kappa shape index (κ1) is 16.2. The minimum atomic E-state index is 0.458. The molecule has 0 aliphatic carbocycles. The van der Waals surface area contributed by atoms with E-state index in [1.807, 2.05) is 0 Å². The highest BCUT2D eigenvalue weighted by molar-refractivity contribution is 4.79. The molecule has 2 saturated heterocycles. The van der Waals surface area contributed by atoms with Gasteiger partial charge in [-0.2, -0.15) is 0 Å². The zero-order valence-electron chi connectivity index (χ0n) is 13.4. The Balaban J connectivity index is 1.61. The van der Waals surface area contributed by atoms with Gasteiger partial charge in [0.1, 0.15) is 0 Å². The van der Waals surface area contributed by atoms with Gasteiger partial charge >= 0.3 is 0 Å². The van der Waals surface area contributed by atoms with Crippen molar-refractivity contribution in [3.05, 3.63) is 0 Å². The fourth-order valence-electron chi connectivity index (χ4n) is 3.51. The van der Waals surface area contributed by atoms with E-state index in [4.69, 9.17) is 9.47 Å². The summed E-state index contributed by atoms with van der Waals surface area (Å²) in [5.41, 5.74) is 0. The first-order valence-corrected chi connectivity index (χ1v) is 8.37. The van der Waals surface area contributed by atoms with Crippen molar-refractivity contribution in [1.29, 1.82) is 0 Å². The molecule has 2 fully saturated rings. The number of ether oxygens (including phenoxy) is 2. The topological polar surface area (TPSA) is 24.9 Å². The Labute approximate surface area is 124 Å². The fraction of sp³-hybridized carbons (Fsp3) is 1.00. The predicted molar refractivity (Wildman–Crippen MR) is 82.1 cm³/mol. The maximum absolute atomic E-state index is 5.84. The Morgan fingerprint density at radius 1 is 1.00 bits per heavy atom. The van der Waals surface area contributed by atoms with Crippen molar-refractivity contribution in [2.24, 2.45) is 5.92 Å². The number of methoxy groups -OCH3 is 1. The first-order valence-electron chi connectivity index (χ1n) is 8.37. The fourth-order valence-corrected chi connectivity index (χ4v) is 3.51. The molecule has 4 heteroatoms. The molecule has 2 heterocycles. The summed E-state index contributed by atoms with van der Waals surface area (Å²) < 4.78 is 10.9. The Morgan fingerprint density at radius 3 is 2.50 bits per heavy atom. The summed E-state index contributed by atoms with van der Waals surface area (Å²) in [6.07, 6.45) is 5.64. The number of likely N-dealkylation sites (tertiary alicyclic amines) is 2. The van der Waals surface area contributed by atoms with Crippen molar-refractivity contribution in [2.45, 2.75) is 38.7 Å². The van der Waals surface area contributed by atoms with Crippen LogP contribution in [0.15, 0.2) is 0 Å². The van der Waals surface area contributed by atoms with Crippen LogP contribution in [0.4, 0.5) is 0 Å². The lowest BCUT2D eigenvalue weighted by molar-refractivity contribution is -0.0182. The number of nitrogens with zero attached hydrogens (tertiary/aromatic N) is 2. The van der Waals surface area contributed by atoms with E-state index in [-0.39, 0.29) is 0 Å². The maximum Gasteiger partial charge on any atom is 0.0704 e. The zero-order valence-corrected chi connectivity index (χ0v) is 13.4. The van der Waals surface area contributed by atoms with E-state index in [1.54, 1.807) is 7.11 Å². The second kappa shape index (κ2) is 8.98. The van der Waals surface area contributed by atoms with Gasteiger partial charge < -0.3 is 19.3 Å². The van der Waals surface area contributed by atoms with Gasteiger partial charge in [0.15, 0.2) is 0 Å². The van der Waals surface area contributed by atoms with E-state index >= 15 is 0 Å². The second-order valence-electron chi connectivity index (χ2n) is 6.27. The molecule has 20 heavy (non-hydrogen) atoms. The van der Waals surface area contributed by atoms with Crippen LogP contribution in [0.1, 0.15) is 32.6 Å². The highest BCUT2D eigenvalue weighted by atomic mass is 16.5. The minimum absolute atomic E-state index is 0.458. The SMILES string of the molecule is CCN1CCC[C@H](CN2CCC(OCCOC)CC2)C1. The van der Waals surface area contributed by atoms with E-state index in [9.17, 15) is 0 Å². The zero-order chi connectivity index (χ0) is 14.2. The Morgan fingerprint density at radius 2 is 1.80 bits per heavy atom. The van der Waals surface area contributed by atoms with Gasteiger partial charge in [-0.25, -0.2) is 0 Å². The molecule has 0 radical (unpaired) electrons. The summed E-state index contributed by atoms with van der Waals surface area (Å²) in [6, 6.07) is 0. The van der Waals surface area contributed by atoms with Crippen LogP contribution in [0.2, 0.25) is 0 Å². The molecule has 0 aromatic carbocycles. The molecule has 0 aromatic heterocycles. The van der Waals surface area contributed by atoms with Crippen molar-refractivity contribution in [2.75, 3.05) is 59.6 Å². The third kappa shape index (κ3) is 5.32. The summed E-state index contributed by atoms with van der Waals surface area (Å²) in [5, 5.41) is 0. The second-order valence-corrected chi connectivity index (χ2v) is 6.27. The molecule has 1 atom stereocenters. The predicted octanol–water partition coefficient (Wildman–Crippen LogP) is 1.85. The van der Waals surface area contributed by atoms with Crippen molar-refractivity contribution in [3.8, 4) is 0 Å². The highest BCUT2D eigenvalue weighted by Crippen LogP contribution is 2.20. The molecule has 118 valence electrons. The van der Waals surface area contributed by atoms with Gasteiger partial charge in [-0.1, -0.05) is 6.92 Å². The quantitative estimate of drug-likeness (QED) is 0.666. The summed E-state index contributed by atoms with van der Waals surface area (Å²) in [6.45, 7) is 11.3. The summed E-state index contributed by atoms with van der Waals surface area (Å²) in [7, 11) is 1.73. The average Bonchev–Trinajstić information content (AvgIpc) is 2.49. The molecule has 2 rings (SSSR count). The van der Waals surface area contributed by atoms with Crippen LogP contribution in [-0.4, -0.2) is 75.5 Å². The normalized spacial score (nSPS) is 27.0. The van der Waals surface area contributed by atoms with Gasteiger partial charge in [0, 0.05) is 33.3 Å². The molecule has 0 amide bonds. The lowest BCUT2D eigenvalue weighted by Gasteiger charge is -2.38. The lowest BCUT2D eigenvalue weighted by atomic mass is 9.96. The van der Waals surface area contributed by atoms with Crippen molar-refractivity contribution < 1.29 is 9.47 Å². The highest BCUT2D eigenvalue weighted by Gasteiger charge is 2.24. The van der Waals surface area contributed by atoms with Gasteiger partial charge in [0.05, 0.1) is 19.3 Å². The smallest absolute Gasteiger partial charge is 0.0704 e. The number of rotatable bonds is 7. The van der Waals surface area contributed by atoms with Crippen LogP contribution in [0.3, 0.4) is 0 Å². The van der Waals surface area contributed by atoms with E-state index in [2.05, 4.69) is 16.7 Å². The first-order chi connectivity index (χ1) is 9.81. The lowest BCUT2D eigenvalue weighted by Crippen LogP contribution is -2.44. The molecule has 0 bridgehead atoms. The minimum Gasteiger partial charge on any atom is -0.382 e. The standard InChI is InChI=1S/C16H32N2O2/c1-3-17-8-4-5-15(13-17)14-18-9-6-16(7-10-18)20-12-11-19-2/h15-16H,3-14H2,1-2H3/t15-/m0/s1. The number of piperidine rings is 2. The van der Waals surface area contributed by atoms with Gasteiger partial charge in [0.25, 0.3) is 0 Å². The monoisotopic (exact) mass is 284 g/mol. The van der Waals surface area contributed by atoms with Crippen LogP contribution in [-0.2, 0) is 9.47 Å². The Hall–Kier alpha value is -0.160. The van der Waals surface area contributed by atoms with Crippen LogP contribution in [0, 0.1) is 5.92 Å². The molecular weight excluding hydrogens is 252 g/mol. The van der Waals surface area contributed by atoms with Gasteiger partial charge in [-0.15, -0.1) is 0 Å². The molecule has 2 aliphatic heterocycles. The van der Waals surface area contributed by atoms with Gasteiger partial charge in [-0.3, -0.25) is 0 Å². The Bertz CT molecular complexity index is 255. The summed E-state index contributed by atoms with van der Waals surface area (Å²) in [4.78, 5) is 5.26. The molecular formula is C16H32N2O2. The summed E-state index contributed by atoms with van der Waals surface area (Å²) >= 11 is 0.